The normalized spacial score (nSPS) is 12.1. The number of nitrogens with zero attached hydrogens (tertiary/aromatic N) is 2. The highest BCUT2D eigenvalue weighted by Crippen LogP contribution is 2.35. The van der Waals surface area contributed by atoms with Crippen LogP contribution in [0.3, 0.4) is 0 Å². The number of carbonyl (C=O) groups excluding carboxylic acids is 1. The van der Waals surface area contributed by atoms with E-state index in [1.54, 1.807) is 19.0 Å². The Morgan fingerprint density at radius 2 is 1.71 bits per heavy atom. The zero-order valence-corrected chi connectivity index (χ0v) is 14.9. The summed E-state index contributed by atoms with van der Waals surface area (Å²) in [5.41, 5.74) is 3.13. The van der Waals surface area contributed by atoms with Gasteiger partial charge >= 0.3 is 0 Å². The lowest BCUT2D eigenvalue weighted by atomic mass is 10.1. The Bertz CT molecular complexity index is 862. The van der Waals surface area contributed by atoms with Crippen LogP contribution >= 0.6 is 11.8 Å². The molecule has 0 bridgehead atoms. The van der Waals surface area contributed by atoms with Gasteiger partial charge in [-0.1, -0.05) is 60.3 Å². The number of carbonyl (C=O) groups is 1. The van der Waals surface area contributed by atoms with E-state index in [-0.39, 0.29) is 11.2 Å². The molecule has 1 amide bonds. The van der Waals surface area contributed by atoms with Gasteiger partial charge < -0.3 is 4.90 Å². The largest absolute Gasteiger partial charge is 0.348 e. The lowest BCUT2D eigenvalue weighted by molar-refractivity contribution is -0.127. The summed E-state index contributed by atoms with van der Waals surface area (Å²) in [6.45, 7) is 1.93. The van der Waals surface area contributed by atoms with Crippen LogP contribution < -0.4 is 0 Å². The lowest BCUT2D eigenvalue weighted by Crippen LogP contribution is -2.29. The first-order chi connectivity index (χ1) is 11.6. The van der Waals surface area contributed by atoms with Crippen LogP contribution in [-0.2, 0) is 4.79 Å². The Morgan fingerprint density at radius 1 is 1.04 bits per heavy atom. The van der Waals surface area contributed by atoms with E-state index in [9.17, 15) is 4.79 Å². The van der Waals surface area contributed by atoms with E-state index in [1.807, 2.05) is 43.3 Å². The van der Waals surface area contributed by atoms with Gasteiger partial charge in [-0.25, -0.2) is 4.98 Å². The molecule has 1 unspecified atom stereocenters. The number of para-hydroxylation sites is 1. The van der Waals surface area contributed by atoms with Crippen molar-refractivity contribution >= 4 is 28.6 Å². The SMILES string of the molecule is CC(Sc1nc2ccccc2cc1-c1ccccc1)C(=O)N(C)C. The molecule has 4 heteroatoms. The summed E-state index contributed by atoms with van der Waals surface area (Å²) in [7, 11) is 3.57. The second kappa shape index (κ2) is 7.05. The fraction of sp³-hybridized carbons (Fsp3) is 0.200. The van der Waals surface area contributed by atoms with Crippen molar-refractivity contribution in [1.82, 2.24) is 9.88 Å². The molecule has 1 aromatic heterocycles. The molecule has 0 saturated heterocycles. The molecule has 0 spiro atoms. The molecule has 2 aromatic carbocycles. The van der Waals surface area contributed by atoms with Gasteiger partial charge in [0.25, 0.3) is 0 Å². The first kappa shape index (κ1) is 16.5. The van der Waals surface area contributed by atoms with Gasteiger partial charge in [0.2, 0.25) is 5.91 Å². The van der Waals surface area contributed by atoms with E-state index >= 15 is 0 Å². The summed E-state index contributed by atoms with van der Waals surface area (Å²) < 4.78 is 0. The topological polar surface area (TPSA) is 33.2 Å². The molecule has 0 N–H and O–H groups in total. The molecule has 1 atom stereocenters. The van der Waals surface area contributed by atoms with E-state index in [2.05, 4.69) is 24.3 Å². The minimum atomic E-state index is -0.184. The predicted octanol–water partition coefficient (Wildman–Crippen LogP) is 4.47. The molecule has 24 heavy (non-hydrogen) atoms. The van der Waals surface area contributed by atoms with Gasteiger partial charge in [-0.15, -0.1) is 0 Å². The number of benzene rings is 2. The summed E-state index contributed by atoms with van der Waals surface area (Å²) in [5.74, 6) is 0.0916. The molecule has 0 fully saturated rings. The van der Waals surface area contributed by atoms with Crippen LogP contribution in [0.2, 0.25) is 0 Å². The van der Waals surface area contributed by atoms with Gasteiger partial charge in [0.1, 0.15) is 5.03 Å². The van der Waals surface area contributed by atoms with Gasteiger partial charge in [-0.2, -0.15) is 0 Å². The molecule has 3 aromatic rings. The Labute approximate surface area is 146 Å². The van der Waals surface area contributed by atoms with Crippen molar-refractivity contribution in [3.8, 4) is 11.1 Å². The van der Waals surface area contributed by atoms with E-state index < -0.39 is 0 Å². The third-order valence-corrected chi connectivity index (χ3v) is 4.94. The van der Waals surface area contributed by atoms with E-state index in [1.165, 1.54) is 11.8 Å². The summed E-state index contributed by atoms with van der Waals surface area (Å²) in [4.78, 5) is 18.7. The molecule has 3 rings (SSSR count). The van der Waals surface area contributed by atoms with Crippen LogP contribution in [0.5, 0.6) is 0 Å². The maximum absolute atomic E-state index is 12.2. The number of rotatable bonds is 4. The highest BCUT2D eigenvalue weighted by atomic mass is 32.2. The van der Waals surface area contributed by atoms with Gasteiger partial charge in [-0.05, 0) is 24.6 Å². The zero-order valence-electron chi connectivity index (χ0n) is 14.1. The molecule has 1 heterocycles. The maximum Gasteiger partial charge on any atom is 0.235 e. The summed E-state index contributed by atoms with van der Waals surface area (Å²) in [5, 5.41) is 1.81. The summed E-state index contributed by atoms with van der Waals surface area (Å²) in [6.07, 6.45) is 0. The monoisotopic (exact) mass is 336 g/mol. The predicted molar refractivity (Wildman–Crippen MR) is 101 cm³/mol. The second-order valence-corrected chi connectivity index (χ2v) is 7.22. The fourth-order valence-corrected chi connectivity index (χ4v) is 3.70. The maximum atomic E-state index is 12.2. The highest BCUT2D eigenvalue weighted by Gasteiger charge is 2.19. The zero-order chi connectivity index (χ0) is 17.1. The van der Waals surface area contributed by atoms with Crippen molar-refractivity contribution in [3.05, 3.63) is 60.7 Å². The first-order valence-electron chi connectivity index (χ1n) is 7.89. The van der Waals surface area contributed by atoms with E-state index in [0.717, 1.165) is 27.1 Å². The number of hydrogen-bond donors (Lipinski definition) is 0. The molecule has 122 valence electrons. The minimum absolute atomic E-state index is 0.0916. The number of thioether (sulfide) groups is 1. The average molecular weight is 336 g/mol. The van der Waals surface area contributed by atoms with Crippen molar-refractivity contribution in [1.29, 1.82) is 0 Å². The standard InChI is InChI=1S/C20H20N2OS/c1-14(20(23)22(2)3)24-19-17(15-9-5-4-6-10-15)13-16-11-7-8-12-18(16)21-19/h4-14H,1-3H3. The van der Waals surface area contributed by atoms with Crippen molar-refractivity contribution < 1.29 is 4.79 Å². The Kier molecular flexibility index (Phi) is 4.86. The molecule has 0 aliphatic heterocycles. The molecular weight excluding hydrogens is 316 g/mol. The van der Waals surface area contributed by atoms with E-state index in [0.29, 0.717) is 0 Å². The highest BCUT2D eigenvalue weighted by molar-refractivity contribution is 8.00. The molecule has 3 nitrogen and oxygen atoms in total. The molecular formula is C20H20N2OS. The third-order valence-electron chi connectivity index (χ3n) is 3.85. The van der Waals surface area contributed by atoms with Crippen molar-refractivity contribution in [2.24, 2.45) is 0 Å². The molecule has 0 radical (unpaired) electrons. The van der Waals surface area contributed by atoms with E-state index in [4.69, 9.17) is 4.98 Å². The van der Waals surface area contributed by atoms with Crippen molar-refractivity contribution in [3.63, 3.8) is 0 Å². The van der Waals surface area contributed by atoms with Gasteiger partial charge in [0.05, 0.1) is 10.8 Å². The first-order valence-corrected chi connectivity index (χ1v) is 8.77. The van der Waals surface area contributed by atoms with Crippen LogP contribution in [0.4, 0.5) is 0 Å². The van der Waals surface area contributed by atoms with Crippen LogP contribution in [0, 0.1) is 0 Å². The Balaban J connectivity index is 2.09. The molecule has 0 aliphatic rings. The van der Waals surface area contributed by atoms with Gasteiger partial charge in [0.15, 0.2) is 0 Å². The lowest BCUT2D eigenvalue weighted by Gasteiger charge is -2.18. The summed E-state index contributed by atoms with van der Waals surface area (Å²) >= 11 is 1.51. The van der Waals surface area contributed by atoms with Crippen LogP contribution in [-0.4, -0.2) is 35.1 Å². The number of amides is 1. The van der Waals surface area contributed by atoms with Crippen LogP contribution in [0.15, 0.2) is 65.7 Å². The number of hydrogen-bond acceptors (Lipinski definition) is 3. The smallest absolute Gasteiger partial charge is 0.235 e. The Morgan fingerprint density at radius 3 is 2.42 bits per heavy atom. The van der Waals surface area contributed by atoms with Gasteiger partial charge in [-0.3, -0.25) is 4.79 Å². The summed E-state index contributed by atoms with van der Waals surface area (Å²) in [6, 6.07) is 20.4. The Hall–Kier alpha value is -2.33. The number of fused-ring (bicyclic) bond motifs is 1. The minimum Gasteiger partial charge on any atom is -0.348 e. The quantitative estimate of drug-likeness (QED) is 0.659. The third kappa shape index (κ3) is 3.44. The van der Waals surface area contributed by atoms with Crippen molar-refractivity contribution in [2.75, 3.05) is 14.1 Å². The fourth-order valence-electron chi connectivity index (χ4n) is 2.59. The second-order valence-electron chi connectivity index (χ2n) is 5.89. The van der Waals surface area contributed by atoms with Crippen LogP contribution in [0.25, 0.3) is 22.0 Å². The molecule has 0 saturated carbocycles. The average Bonchev–Trinajstić information content (AvgIpc) is 2.61. The van der Waals surface area contributed by atoms with Crippen LogP contribution in [0.1, 0.15) is 6.92 Å². The number of pyridine rings is 1. The van der Waals surface area contributed by atoms with Crippen molar-refractivity contribution in [2.45, 2.75) is 17.2 Å². The molecule has 0 aliphatic carbocycles. The van der Waals surface area contributed by atoms with Gasteiger partial charge in [0, 0.05) is 25.0 Å². The number of aromatic nitrogens is 1.